The van der Waals surface area contributed by atoms with Gasteiger partial charge in [-0.3, -0.25) is 10.1 Å². The summed E-state index contributed by atoms with van der Waals surface area (Å²) < 4.78 is 0. The highest BCUT2D eigenvalue weighted by Crippen LogP contribution is 2.17. The molecule has 0 unspecified atom stereocenters. The highest BCUT2D eigenvalue weighted by molar-refractivity contribution is 7.14. The van der Waals surface area contributed by atoms with Crippen molar-refractivity contribution in [3.05, 3.63) is 40.9 Å². The van der Waals surface area contributed by atoms with Gasteiger partial charge in [0.15, 0.2) is 5.13 Å². The molecule has 0 spiro atoms. The number of rotatable bonds is 5. The fourth-order valence-electron chi connectivity index (χ4n) is 2.00. The van der Waals surface area contributed by atoms with Crippen LogP contribution in [0, 0.1) is 6.92 Å². The smallest absolute Gasteiger partial charge is 0.325 e. The van der Waals surface area contributed by atoms with E-state index < -0.39 is 0 Å². The van der Waals surface area contributed by atoms with Crippen molar-refractivity contribution in [1.29, 1.82) is 0 Å². The van der Waals surface area contributed by atoms with E-state index in [0.717, 1.165) is 5.56 Å². The number of hydrogen-bond acceptors (Lipinski definition) is 4. The second kappa shape index (κ2) is 7.73. The van der Waals surface area contributed by atoms with E-state index >= 15 is 0 Å². The maximum atomic E-state index is 12.2. The van der Waals surface area contributed by atoms with Gasteiger partial charge in [-0.25, -0.2) is 9.78 Å². The number of amides is 3. The molecule has 23 heavy (non-hydrogen) atoms. The van der Waals surface area contributed by atoms with Gasteiger partial charge in [0.1, 0.15) is 5.69 Å². The average molecular weight is 332 g/mol. The maximum absolute atomic E-state index is 12.2. The van der Waals surface area contributed by atoms with Crippen LogP contribution in [0.25, 0.3) is 0 Å². The van der Waals surface area contributed by atoms with E-state index in [1.54, 1.807) is 10.3 Å². The Morgan fingerprint density at radius 3 is 2.39 bits per heavy atom. The van der Waals surface area contributed by atoms with Crippen molar-refractivity contribution >= 4 is 34.1 Å². The zero-order chi connectivity index (χ0) is 16.8. The van der Waals surface area contributed by atoms with E-state index in [0.29, 0.717) is 29.6 Å². The lowest BCUT2D eigenvalue weighted by Crippen LogP contribution is -2.30. The molecule has 0 aliphatic heterocycles. The average Bonchev–Trinajstić information content (AvgIpc) is 2.99. The minimum absolute atomic E-state index is 0.127. The minimum Gasteiger partial charge on any atom is -0.338 e. The highest BCUT2D eigenvalue weighted by atomic mass is 32.1. The molecule has 0 saturated heterocycles. The SMILES string of the molecule is CCN(CC)C(=O)c1csc(NC(=O)Nc2ccc(C)cc2)n1. The van der Waals surface area contributed by atoms with Gasteiger partial charge in [0.25, 0.3) is 5.91 Å². The number of aromatic nitrogens is 1. The second-order valence-electron chi connectivity index (χ2n) is 4.96. The third-order valence-electron chi connectivity index (χ3n) is 3.30. The van der Waals surface area contributed by atoms with Gasteiger partial charge in [-0.05, 0) is 32.9 Å². The van der Waals surface area contributed by atoms with Crippen LogP contribution in [0.2, 0.25) is 0 Å². The zero-order valence-corrected chi connectivity index (χ0v) is 14.2. The summed E-state index contributed by atoms with van der Waals surface area (Å²) in [5, 5.41) is 7.41. The van der Waals surface area contributed by atoms with Crippen molar-refractivity contribution in [2.24, 2.45) is 0 Å². The summed E-state index contributed by atoms with van der Waals surface area (Å²) in [6.07, 6.45) is 0. The van der Waals surface area contributed by atoms with Crippen LogP contribution in [0.5, 0.6) is 0 Å². The fourth-order valence-corrected chi connectivity index (χ4v) is 2.68. The van der Waals surface area contributed by atoms with Crippen molar-refractivity contribution in [1.82, 2.24) is 9.88 Å². The predicted octanol–water partition coefficient (Wildman–Crippen LogP) is 3.58. The molecule has 0 atom stereocenters. The zero-order valence-electron chi connectivity index (χ0n) is 13.4. The summed E-state index contributed by atoms with van der Waals surface area (Å²) in [7, 11) is 0. The lowest BCUT2D eigenvalue weighted by molar-refractivity contribution is 0.0768. The molecule has 1 aromatic carbocycles. The molecular weight excluding hydrogens is 312 g/mol. The van der Waals surface area contributed by atoms with Crippen LogP contribution >= 0.6 is 11.3 Å². The first kappa shape index (κ1) is 17.0. The van der Waals surface area contributed by atoms with Gasteiger partial charge >= 0.3 is 6.03 Å². The predicted molar refractivity (Wildman–Crippen MR) is 93.2 cm³/mol. The lowest BCUT2D eigenvalue weighted by Gasteiger charge is -2.16. The maximum Gasteiger partial charge on any atom is 0.325 e. The highest BCUT2D eigenvalue weighted by Gasteiger charge is 2.16. The third-order valence-corrected chi connectivity index (χ3v) is 4.06. The fraction of sp³-hybridized carbons (Fsp3) is 0.312. The Morgan fingerprint density at radius 1 is 1.13 bits per heavy atom. The molecule has 2 rings (SSSR count). The molecule has 2 aromatic rings. The molecule has 3 amide bonds. The molecule has 7 heteroatoms. The number of hydrogen-bond donors (Lipinski definition) is 2. The van der Waals surface area contributed by atoms with E-state index in [1.807, 2.05) is 45.0 Å². The first-order valence-electron chi connectivity index (χ1n) is 7.43. The van der Waals surface area contributed by atoms with Crippen LogP contribution in [0.15, 0.2) is 29.6 Å². The van der Waals surface area contributed by atoms with E-state index in [4.69, 9.17) is 0 Å². The second-order valence-corrected chi connectivity index (χ2v) is 5.82. The lowest BCUT2D eigenvalue weighted by atomic mass is 10.2. The van der Waals surface area contributed by atoms with Gasteiger partial charge in [0, 0.05) is 24.2 Å². The van der Waals surface area contributed by atoms with Crippen LogP contribution in [-0.2, 0) is 0 Å². The molecule has 0 fully saturated rings. The van der Waals surface area contributed by atoms with Gasteiger partial charge in [-0.15, -0.1) is 11.3 Å². The molecule has 6 nitrogen and oxygen atoms in total. The number of aryl methyl sites for hydroxylation is 1. The molecule has 2 N–H and O–H groups in total. The molecule has 1 heterocycles. The van der Waals surface area contributed by atoms with E-state index in [-0.39, 0.29) is 11.9 Å². The molecule has 1 aromatic heterocycles. The number of carbonyl (C=O) groups is 2. The molecule has 122 valence electrons. The van der Waals surface area contributed by atoms with Crippen molar-refractivity contribution in [3.63, 3.8) is 0 Å². The van der Waals surface area contributed by atoms with Gasteiger partial charge in [0.2, 0.25) is 0 Å². The molecular formula is C16H20N4O2S. The number of benzene rings is 1. The van der Waals surface area contributed by atoms with Gasteiger partial charge in [0.05, 0.1) is 0 Å². The van der Waals surface area contributed by atoms with Gasteiger partial charge in [-0.2, -0.15) is 0 Å². The summed E-state index contributed by atoms with van der Waals surface area (Å²) in [5.41, 5.74) is 2.17. The molecule has 0 radical (unpaired) electrons. The monoisotopic (exact) mass is 332 g/mol. The van der Waals surface area contributed by atoms with Crippen molar-refractivity contribution < 1.29 is 9.59 Å². The standard InChI is InChI=1S/C16H20N4O2S/c1-4-20(5-2)14(21)13-10-23-16(18-13)19-15(22)17-12-8-6-11(3)7-9-12/h6-10H,4-5H2,1-3H3,(H2,17,18,19,22). The normalized spacial score (nSPS) is 10.2. The number of nitrogens with one attached hydrogen (secondary N) is 2. The topological polar surface area (TPSA) is 74.3 Å². The van der Waals surface area contributed by atoms with Crippen LogP contribution in [0.1, 0.15) is 29.9 Å². The van der Waals surface area contributed by atoms with Crippen molar-refractivity contribution in [3.8, 4) is 0 Å². The van der Waals surface area contributed by atoms with E-state index in [1.165, 1.54) is 11.3 Å². The Hall–Kier alpha value is -2.41. The first-order chi connectivity index (χ1) is 11.0. The molecule has 0 bridgehead atoms. The van der Waals surface area contributed by atoms with Crippen LogP contribution in [-0.4, -0.2) is 34.9 Å². The summed E-state index contributed by atoms with van der Waals surface area (Å²) in [6.45, 7) is 7.07. The minimum atomic E-state index is -0.384. The first-order valence-corrected chi connectivity index (χ1v) is 8.31. The Kier molecular flexibility index (Phi) is 5.70. The number of thiazole rings is 1. The Morgan fingerprint density at radius 2 is 1.78 bits per heavy atom. The molecule has 0 aliphatic carbocycles. The van der Waals surface area contributed by atoms with Crippen molar-refractivity contribution in [2.45, 2.75) is 20.8 Å². The Bertz CT molecular complexity index is 678. The summed E-state index contributed by atoms with van der Waals surface area (Å²) in [5.74, 6) is -0.127. The number of carbonyl (C=O) groups excluding carboxylic acids is 2. The summed E-state index contributed by atoms with van der Waals surface area (Å²) in [4.78, 5) is 30.0. The quantitative estimate of drug-likeness (QED) is 0.879. The van der Waals surface area contributed by atoms with E-state index in [2.05, 4.69) is 15.6 Å². The summed E-state index contributed by atoms with van der Waals surface area (Å²) in [6, 6.07) is 7.10. The van der Waals surface area contributed by atoms with Gasteiger partial charge < -0.3 is 10.2 Å². The van der Waals surface area contributed by atoms with Crippen LogP contribution < -0.4 is 10.6 Å². The van der Waals surface area contributed by atoms with Crippen molar-refractivity contribution in [2.75, 3.05) is 23.7 Å². The van der Waals surface area contributed by atoms with E-state index in [9.17, 15) is 9.59 Å². The number of urea groups is 1. The molecule has 0 saturated carbocycles. The van der Waals surface area contributed by atoms with Gasteiger partial charge in [-0.1, -0.05) is 17.7 Å². The largest absolute Gasteiger partial charge is 0.338 e. The molecule has 0 aliphatic rings. The van der Waals surface area contributed by atoms with Crippen LogP contribution in [0.4, 0.5) is 15.6 Å². The Balaban J connectivity index is 1.97. The Labute approximate surface area is 139 Å². The van der Waals surface area contributed by atoms with Crippen LogP contribution in [0.3, 0.4) is 0 Å². The number of anilines is 2. The third kappa shape index (κ3) is 4.53. The number of nitrogens with zero attached hydrogens (tertiary/aromatic N) is 2. The summed E-state index contributed by atoms with van der Waals surface area (Å²) >= 11 is 1.23.